The van der Waals surface area contributed by atoms with E-state index in [2.05, 4.69) is 0 Å². The number of ether oxygens (including phenoxy) is 7. The van der Waals surface area contributed by atoms with Crippen molar-refractivity contribution in [2.75, 3.05) is 26.8 Å². The molecule has 9 heteroatoms. The van der Waals surface area contributed by atoms with Crippen molar-refractivity contribution < 1.29 is 42.7 Å². The molecule has 3 heterocycles. The minimum absolute atomic E-state index is 0.173. The van der Waals surface area contributed by atoms with Crippen LogP contribution in [0.5, 0.6) is 23.0 Å². The molecule has 186 valence electrons. The molecule has 3 aliphatic heterocycles. The summed E-state index contributed by atoms with van der Waals surface area (Å²) in [6.07, 6.45) is -0.368. The molecule has 0 N–H and O–H groups in total. The summed E-state index contributed by atoms with van der Waals surface area (Å²) in [4.78, 5) is 26.2. The maximum atomic E-state index is 13.1. The van der Waals surface area contributed by atoms with Crippen molar-refractivity contribution in [1.29, 1.82) is 0 Å². The standard InChI is InChI=1S/C26H28O9/c1-3-29-25(27)23-21(11-15-5-7-17-19(9-15)33-13-31-17)35-22(24(23)26(28)30-4-2)12-16-6-8-18-20(10-16)34-14-32-18/h5-10,21-24H,3-4,11-14H2,1-2H3/t21-,22+,23+,24-. The van der Waals surface area contributed by atoms with Crippen LogP contribution in [0.2, 0.25) is 0 Å². The molecule has 2 aromatic rings. The Morgan fingerprint density at radius 1 is 0.714 bits per heavy atom. The van der Waals surface area contributed by atoms with Crippen LogP contribution in [-0.2, 0) is 36.6 Å². The molecule has 9 nitrogen and oxygen atoms in total. The summed E-state index contributed by atoms with van der Waals surface area (Å²) in [6.45, 7) is 4.23. The van der Waals surface area contributed by atoms with Gasteiger partial charge < -0.3 is 33.2 Å². The highest BCUT2D eigenvalue weighted by Crippen LogP contribution is 2.41. The van der Waals surface area contributed by atoms with Gasteiger partial charge in [0.05, 0.1) is 37.3 Å². The van der Waals surface area contributed by atoms with Crippen LogP contribution in [0.3, 0.4) is 0 Å². The molecule has 0 aliphatic carbocycles. The van der Waals surface area contributed by atoms with E-state index in [1.807, 2.05) is 36.4 Å². The van der Waals surface area contributed by atoms with Crippen LogP contribution in [0.4, 0.5) is 0 Å². The minimum Gasteiger partial charge on any atom is -0.466 e. The van der Waals surface area contributed by atoms with Gasteiger partial charge in [0.2, 0.25) is 13.6 Å². The quantitative estimate of drug-likeness (QED) is 0.524. The first-order valence-corrected chi connectivity index (χ1v) is 11.8. The van der Waals surface area contributed by atoms with Crippen LogP contribution in [0.1, 0.15) is 25.0 Å². The van der Waals surface area contributed by atoms with Gasteiger partial charge in [0.25, 0.3) is 0 Å². The third-order valence-electron chi connectivity index (χ3n) is 6.40. The molecule has 2 aromatic carbocycles. The molecule has 35 heavy (non-hydrogen) atoms. The van der Waals surface area contributed by atoms with E-state index >= 15 is 0 Å². The number of hydrogen-bond acceptors (Lipinski definition) is 9. The maximum Gasteiger partial charge on any atom is 0.312 e. The van der Waals surface area contributed by atoms with Gasteiger partial charge in [-0.05, 0) is 62.1 Å². The molecule has 0 aromatic heterocycles. The summed E-state index contributed by atoms with van der Waals surface area (Å²) in [5, 5.41) is 0. The van der Waals surface area contributed by atoms with Crippen LogP contribution in [0, 0.1) is 11.8 Å². The molecule has 1 saturated heterocycles. The molecule has 0 bridgehead atoms. The number of carbonyl (C=O) groups is 2. The SMILES string of the molecule is CCOC(=O)[C@@H]1[C@H](C(=O)OCC)[C@H](Cc2ccc3c(c2)OCO3)O[C@@H]1Cc1ccc2c(c1)OCO2. The normalized spacial score (nSPS) is 23.8. The molecule has 0 amide bonds. The molecule has 0 saturated carbocycles. The Morgan fingerprint density at radius 3 is 1.57 bits per heavy atom. The van der Waals surface area contributed by atoms with Gasteiger partial charge in [-0.25, -0.2) is 0 Å². The van der Waals surface area contributed by atoms with E-state index in [1.54, 1.807) is 13.8 Å². The monoisotopic (exact) mass is 484 g/mol. The van der Waals surface area contributed by atoms with Crippen molar-refractivity contribution in [2.24, 2.45) is 11.8 Å². The van der Waals surface area contributed by atoms with Crippen molar-refractivity contribution in [2.45, 2.75) is 38.9 Å². The van der Waals surface area contributed by atoms with Crippen LogP contribution >= 0.6 is 0 Å². The molecule has 4 atom stereocenters. The van der Waals surface area contributed by atoms with Gasteiger partial charge in [-0.1, -0.05) is 12.1 Å². The fourth-order valence-corrected chi connectivity index (χ4v) is 4.88. The largest absolute Gasteiger partial charge is 0.466 e. The van der Waals surface area contributed by atoms with E-state index in [0.29, 0.717) is 35.8 Å². The van der Waals surface area contributed by atoms with E-state index in [4.69, 9.17) is 33.2 Å². The summed E-state index contributed by atoms with van der Waals surface area (Å²) in [6, 6.07) is 11.2. The Hall–Kier alpha value is -3.46. The van der Waals surface area contributed by atoms with Gasteiger partial charge in [-0.3, -0.25) is 9.59 Å². The number of rotatable bonds is 8. The summed E-state index contributed by atoms with van der Waals surface area (Å²) >= 11 is 0. The fraction of sp³-hybridized carbons (Fsp3) is 0.462. The van der Waals surface area contributed by atoms with Crippen molar-refractivity contribution in [3.05, 3.63) is 47.5 Å². The highest BCUT2D eigenvalue weighted by Gasteiger charge is 2.53. The maximum absolute atomic E-state index is 13.1. The molecule has 0 unspecified atom stereocenters. The molecular formula is C26H28O9. The Balaban J connectivity index is 1.44. The highest BCUT2D eigenvalue weighted by atomic mass is 16.7. The van der Waals surface area contributed by atoms with Crippen molar-refractivity contribution in [1.82, 2.24) is 0 Å². The van der Waals surface area contributed by atoms with Gasteiger partial charge in [-0.15, -0.1) is 0 Å². The lowest BCUT2D eigenvalue weighted by atomic mass is 9.83. The molecule has 1 fully saturated rings. The number of fused-ring (bicyclic) bond motifs is 2. The van der Waals surface area contributed by atoms with E-state index in [9.17, 15) is 9.59 Å². The van der Waals surface area contributed by atoms with E-state index in [-0.39, 0.29) is 26.8 Å². The molecule has 3 aliphatic rings. The fourth-order valence-electron chi connectivity index (χ4n) is 4.88. The van der Waals surface area contributed by atoms with Crippen molar-refractivity contribution >= 4 is 11.9 Å². The molecule has 5 rings (SSSR count). The van der Waals surface area contributed by atoms with Gasteiger partial charge in [-0.2, -0.15) is 0 Å². The van der Waals surface area contributed by atoms with Crippen LogP contribution in [0.25, 0.3) is 0 Å². The Bertz CT molecular complexity index is 1010. The third kappa shape index (κ3) is 4.73. The minimum atomic E-state index is -0.807. The second-order valence-corrected chi connectivity index (χ2v) is 8.55. The first-order valence-electron chi connectivity index (χ1n) is 11.8. The van der Waals surface area contributed by atoms with E-state index < -0.39 is 36.0 Å². The number of hydrogen-bond donors (Lipinski definition) is 0. The summed E-state index contributed by atoms with van der Waals surface area (Å²) in [5.41, 5.74) is 1.81. The predicted octanol–water partition coefficient (Wildman–Crippen LogP) is 3.06. The second-order valence-electron chi connectivity index (χ2n) is 8.55. The van der Waals surface area contributed by atoms with Gasteiger partial charge >= 0.3 is 11.9 Å². The molecule has 0 spiro atoms. The van der Waals surface area contributed by atoms with Crippen molar-refractivity contribution in [3.8, 4) is 23.0 Å². The Labute approximate surface area is 203 Å². The zero-order valence-corrected chi connectivity index (χ0v) is 19.7. The summed E-state index contributed by atoms with van der Waals surface area (Å²) < 4.78 is 39.0. The smallest absolute Gasteiger partial charge is 0.312 e. The Morgan fingerprint density at radius 2 is 1.14 bits per heavy atom. The number of benzene rings is 2. The van der Waals surface area contributed by atoms with Crippen LogP contribution in [-0.4, -0.2) is 50.9 Å². The lowest BCUT2D eigenvalue weighted by molar-refractivity contribution is -0.159. The summed E-state index contributed by atoms with van der Waals surface area (Å²) in [7, 11) is 0. The molecule has 0 radical (unpaired) electrons. The molecular weight excluding hydrogens is 456 g/mol. The van der Waals surface area contributed by atoms with Crippen LogP contribution in [0.15, 0.2) is 36.4 Å². The van der Waals surface area contributed by atoms with E-state index in [1.165, 1.54) is 0 Å². The van der Waals surface area contributed by atoms with E-state index in [0.717, 1.165) is 11.1 Å². The lowest BCUT2D eigenvalue weighted by Crippen LogP contribution is -2.38. The zero-order valence-electron chi connectivity index (χ0n) is 19.7. The average molecular weight is 485 g/mol. The second kappa shape index (κ2) is 10.0. The van der Waals surface area contributed by atoms with Gasteiger partial charge in [0, 0.05) is 0 Å². The number of esters is 2. The Kier molecular flexibility index (Phi) is 6.68. The van der Waals surface area contributed by atoms with Crippen molar-refractivity contribution in [3.63, 3.8) is 0 Å². The first kappa shape index (κ1) is 23.3. The topological polar surface area (TPSA) is 98.8 Å². The highest BCUT2D eigenvalue weighted by molar-refractivity contribution is 5.84. The van der Waals surface area contributed by atoms with Gasteiger partial charge in [0.15, 0.2) is 23.0 Å². The van der Waals surface area contributed by atoms with Gasteiger partial charge in [0.1, 0.15) is 0 Å². The zero-order chi connectivity index (χ0) is 24.4. The average Bonchev–Trinajstić information content (AvgIpc) is 3.57. The first-order chi connectivity index (χ1) is 17.1. The number of carbonyl (C=O) groups excluding carboxylic acids is 2. The lowest BCUT2D eigenvalue weighted by Gasteiger charge is -2.21. The predicted molar refractivity (Wildman–Crippen MR) is 121 cm³/mol. The summed E-state index contributed by atoms with van der Waals surface area (Å²) in [5.74, 6) is 0.0890. The third-order valence-corrected chi connectivity index (χ3v) is 6.40. The van der Waals surface area contributed by atoms with Crippen LogP contribution < -0.4 is 18.9 Å².